The molecule has 0 saturated carbocycles. The summed E-state index contributed by atoms with van der Waals surface area (Å²) in [6.45, 7) is 0. The zero-order chi connectivity index (χ0) is 13.2. The fourth-order valence-electron chi connectivity index (χ4n) is 1.16. The van der Waals surface area contributed by atoms with Crippen molar-refractivity contribution in [2.24, 2.45) is 0 Å². The molecule has 0 aliphatic carbocycles. The Morgan fingerprint density at radius 1 is 1.06 bits per heavy atom. The second kappa shape index (κ2) is 5.22. The number of rotatable bonds is 2. The third-order valence-corrected chi connectivity index (χ3v) is 2.69. The number of carbonyl (C=O) groups is 1. The molecule has 0 aliphatic heterocycles. The molecule has 0 atom stereocenters. The van der Waals surface area contributed by atoms with E-state index in [0.717, 1.165) is 24.3 Å². The van der Waals surface area contributed by atoms with E-state index in [4.69, 9.17) is 5.11 Å². The van der Waals surface area contributed by atoms with E-state index >= 15 is 0 Å². The summed E-state index contributed by atoms with van der Waals surface area (Å²) in [6.07, 6.45) is -4.53. The van der Waals surface area contributed by atoms with Crippen LogP contribution in [0.3, 0.4) is 0 Å². The SMILES string of the molecule is O=C(O)c1ccc(C(=C(Br)Br)C(F)(F)F)cc1. The molecule has 1 aromatic rings. The fraction of sp³-hybridized carbons (Fsp3) is 0.100. The summed E-state index contributed by atoms with van der Waals surface area (Å²) in [5.74, 6) is -1.19. The molecule has 0 aliphatic rings. The van der Waals surface area contributed by atoms with Gasteiger partial charge in [-0.15, -0.1) is 0 Å². The third-order valence-electron chi connectivity index (χ3n) is 1.89. The summed E-state index contributed by atoms with van der Waals surface area (Å²) in [5.41, 5.74) is -1.08. The number of carboxylic acids is 1. The van der Waals surface area contributed by atoms with E-state index in [9.17, 15) is 18.0 Å². The van der Waals surface area contributed by atoms with Crippen molar-refractivity contribution in [3.05, 3.63) is 38.8 Å². The van der Waals surface area contributed by atoms with Crippen LogP contribution < -0.4 is 0 Å². The topological polar surface area (TPSA) is 37.3 Å². The molecule has 0 radical (unpaired) electrons. The van der Waals surface area contributed by atoms with Crippen LogP contribution in [0, 0.1) is 0 Å². The number of allylic oxidation sites excluding steroid dienone is 1. The van der Waals surface area contributed by atoms with E-state index in [1.54, 1.807) is 0 Å². The first-order valence-corrected chi connectivity index (χ1v) is 5.78. The van der Waals surface area contributed by atoms with Crippen molar-refractivity contribution in [2.75, 3.05) is 0 Å². The van der Waals surface area contributed by atoms with Gasteiger partial charge in [0.2, 0.25) is 0 Å². The molecule has 2 nitrogen and oxygen atoms in total. The fourth-order valence-corrected chi connectivity index (χ4v) is 2.07. The number of halogens is 5. The molecule has 0 fully saturated rings. The van der Waals surface area contributed by atoms with Gasteiger partial charge in [0.15, 0.2) is 0 Å². The highest BCUT2D eigenvalue weighted by Crippen LogP contribution is 2.40. The smallest absolute Gasteiger partial charge is 0.418 e. The quantitative estimate of drug-likeness (QED) is 0.833. The molecule has 7 heteroatoms. The maximum absolute atomic E-state index is 12.7. The minimum absolute atomic E-state index is 0.0685. The van der Waals surface area contributed by atoms with Crippen LogP contribution in [0.25, 0.3) is 5.57 Å². The van der Waals surface area contributed by atoms with E-state index in [2.05, 4.69) is 31.9 Å². The van der Waals surface area contributed by atoms with Crippen LogP contribution >= 0.6 is 31.9 Å². The first-order valence-electron chi connectivity index (χ1n) is 4.19. The predicted octanol–water partition coefficient (Wildman–Crippen LogP) is 4.41. The van der Waals surface area contributed by atoms with Gasteiger partial charge >= 0.3 is 12.1 Å². The minimum Gasteiger partial charge on any atom is -0.478 e. The lowest BCUT2D eigenvalue weighted by atomic mass is 10.1. The number of benzene rings is 1. The Morgan fingerprint density at radius 2 is 1.47 bits per heavy atom. The summed E-state index contributed by atoms with van der Waals surface area (Å²) in [5, 5.41) is 8.63. The number of hydrogen-bond acceptors (Lipinski definition) is 1. The molecular weight excluding hydrogens is 369 g/mol. The molecule has 17 heavy (non-hydrogen) atoms. The maximum atomic E-state index is 12.7. The third kappa shape index (κ3) is 3.57. The predicted molar refractivity (Wildman–Crippen MR) is 64.2 cm³/mol. The Balaban J connectivity index is 3.24. The number of aromatic carboxylic acids is 1. The summed E-state index contributed by atoms with van der Waals surface area (Å²) >= 11 is 5.44. The van der Waals surface area contributed by atoms with Crippen LogP contribution in [-0.4, -0.2) is 17.3 Å². The maximum Gasteiger partial charge on any atom is 0.418 e. The van der Waals surface area contributed by atoms with Crippen molar-refractivity contribution >= 4 is 43.4 Å². The molecule has 0 amide bonds. The monoisotopic (exact) mass is 372 g/mol. The molecule has 92 valence electrons. The van der Waals surface area contributed by atoms with Gasteiger partial charge in [-0.3, -0.25) is 0 Å². The Labute approximate surface area is 111 Å². The van der Waals surface area contributed by atoms with E-state index < -0.39 is 17.7 Å². The van der Waals surface area contributed by atoms with Gasteiger partial charge in [-0.2, -0.15) is 13.2 Å². The van der Waals surface area contributed by atoms with E-state index in [1.165, 1.54) is 0 Å². The molecule has 0 spiro atoms. The van der Waals surface area contributed by atoms with Crippen molar-refractivity contribution < 1.29 is 23.1 Å². The normalized spacial score (nSPS) is 11.1. The Morgan fingerprint density at radius 3 is 1.76 bits per heavy atom. The molecule has 0 saturated heterocycles. The van der Waals surface area contributed by atoms with Crippen LogP contribution in [-0.2, 0) is 0 Å². The average Bonchev–Trinajstić information content (AvgIpc) is 2.15. The molecular formula is C10H5Br2F3O2. The van der Waals surface area contributed by atoms with Crippen molar-refractivity contribution in [3.63, 3.8) is 0 Å². The molecule has 0 unspecified atom stereocenters. The van der Waals surface area contributed by atoms with E-state index in [-0.39, 0.29) is 14.5 Å². The van der Waals surface area contributed by atoms with Gasteiger partial charge < -0.3 is 5.11 Å². The lowest BCUT2D eigenvalue weighted by Crippen LogP contribution is -2.11. The van der Waals surface area contributed by atoms with Crippen molar-refractivity contribution in [3.8, 4) is 0 Å². The molecule has 0 heterocycles. The molecule has 1 aromatic carbocycles. The second-order valence-electron chi connectivity index (χ2n) is 3.02. The summed E-state index contributed by atoms with van der Waals surface area (Å²) in [7, 11) is 0. The zero-order valence-corrected chi connectivity index (χ0v) is 11.2. The van der Waals surface area contributed by atoms with Gasteiger partial charge in [0, 0.05) is 0 Å². The van der Waals surface area contributed by atoms with Crippen LogP contribution in [0.15, 0.2) is 27.7 Å². The van der Waals surface area contributed by atoms with Crippen molar-refractivity contribution in [1.82, 2.24) is 0 Å². The van der Waals surface area contributed by atoms with Crippen LogP contribution in [0.2, 0.25) is 0 Å². The van der Waals surface area contributed by atoms with E-state index in [1.807, 2.05) is 0 Å². The highest BCUT2D eigenvalue weighted by atomic mass is 79.9. The Kier molecular flexibility index (Phi) is 4.37. The molecule has 1 rings (SSSR count). The zero-order valence-electron chi connectivity index (χ0n) is 8.05. The largest absolute Gasteiger partial charge is 0.478 e. The first-order chi connectivity index (χ1) is 7.73. The number of alkyl halides is 3. The van der Waals surface area contributed by atoms with Gasteiger partial charge in [0.1, 0.15) is 0 Å². The summed E-state index contributed by atoms with van der Waals surface area (Å²) < 4.78 is 37.8. The second-order valence-corrected chi connectivity index (χ2v) is 5.67. The van der Waals surface area contributed by atoms with Gasteiger partial charge in [-0.25, -0.2) is 4.79 Å². The Hall–Kier alpha value is -0.820. The van der Waals surface area contributed by atoms with Gasteiger partial charge in [-0.05, 0) is 49.6 Å². The molecule has 1 N–H and O–H groups in total. The highest BCUT2D eigenvalue weighted by Gasteiger charge is 2.36. The molecule has 0 bridgehead atoms. The summed E-state index contributed by atoms with van der Waals surface area (Å²) in [4.78, 5) is 10.6. The van der Waals surface area contributed by atoms with Crippen LogP contribution in [0.1, 0.15) is 15.9 Å². The standard InChI is InChI=1S/C10H5Br2F3O2/c11-8(12)7(10(13,14)15)5-1-3-6(4-2-5)9(16)17/h1-4H,(H,16,17). The van der Waals surface area contributed by atoms with Gasteiger partial charge in [0.25, 0.3) is 0 Å². The van der Waals surface area contributed by atoms with Gasteiger partial charge in [-0.1, -0.05) is 12.1 Å². The molecule has 0 aromatic heterocycles. The first kappa shape index (κ1) is 14.2. The number of carboxylic acid groups (broad SMARTS) is 1. The van der Waals surface area contributed by atoms with Crippen molar-refractivity contribution in [2.45, 2.75) is 6.18 Å². The lowest BCUT2D eigenvalue weighted by molar-refractivity contribution is -0.0688. The highest BCUT2D eigenvalue weighted by molar-refractivity contribution is 9.28. The average molecular weight is 374 g/mol. The lowest BCUT2D eigenvalue weighted by Gasteiger charge is -2.12. The van der Waals surface area contributed by atoms with Crippen molar-refractivity contribution in [1.29, 1.82) is 0 Å². The van der Waals surface area contributed by atoms with E-state index in [0.29, 0.717) is 0 Å². The van der Waals surface area contributed by atoms with Crippen LogP contribution in [0.5, 0.6) is 0 Å². The Bertz CT molecular complexity index is 459. The van der Waals surface area contributed by atoms with Gasteiger partial charge in [0.05, 0.1) is 14.5 Å². The summed E-state index contributed by atoms with van der Waals surface area (Å²) in [6, 6.07) is 4.45. The van der Waals surface area contributed by atoms with Crippen LogP contribution in [0.4, 0.5) is 13.2 Å². The number of hydrogen-bond donors (Lipinski definition) is 1. The minimum atomic E-state index is -4.53.